The lowest BCUT2D eigenvalue weighted by Gasteiger charge is -2.36. The number of piperazine rings is 1. The molecule has 0 N–H and O–H groups in total. The zero-order chi connectivity index (χ0) is 25.6. The van der Waals surface area contributed by atoms with Crippen LogP contribution in [0.4, 0.5) is 5.69 Å². The molecule has 1 saturated heterocycles. The maximum Gasteiger partial charge on any atom is 0.358 e. The van der Waals surface area contributed by atoms with Crippen molar-refractivity contribution in [2.45, 2.75) is 13.3 Å². The SMILES string of the molecule is CCOC(=O)c1cc(-c2ccc(N3CCN(C(=O)Cc4ccccc4)CC3)cc2)n(-c2ccccn2)n1. The second kappa shape index (κ2) is 11.1. The van der Waals surface area contributed by atoms with Crippen molar-refractivity contribution >= 4 is 17.6 Å². The standard InChI is InChI=1S/C29H29N5O3/c1-2-37-29(36)25-21-26(34(31-25)27-10-6-7-15-30-27)23-11-13-24(14-12-23)32-16-18-33(19-17-32)28(35)20-22-8-4-3-5-9-22/h3-15,21H,2,16-20H2,1H3. The first-order valence-electron chi connectivity index (χ1n) is 12.5. The molecule has 0 aliphatic carbocycles. The largest absolute Gasteiger partial charge is 0.461 e. The van der Waals surface area contributed by atoms with Crippen LogP contribution in [-0.2, 0) is 16.0 Å². The highest BCUT2D eigenvalue weighted by Gasteiger charge is 2.22. The number of benzene rings is 2. The summed E-state index contributed by atoms with van der Waals surface area (Å²) in [7, 11) is 0. The topological polar surface area (TPSA) is 80.6 Å². The van der Waals surface area contributed by atoms with Crippen LogP contribution >= 0.6 is 0 Å². The van der Waals surface area contributed by atoms with Crippen molar-refractivity contribution < 1.29 is 14.3 Å². The van der Waals surface area contributed by atoms with Crippen LogP contribution in [-0.4, -0.2) is 64.3 Å². The second-order valence-electron chi connectivity index (χ2n) is 8.81. The molecule has 0 bridgehead atoms. The van der Waals surface area contributed by atoms with Crippen molar-refractivity contribution in [1.29, 1.82) is 0 Å². The highest BCUT2D eigenvalue weighted by molar-refractivity contribution is 5.89. The number of amides is 1. The van der Waals surface area contributed by atoms with Gasteiger partial charge in [-0.25, -0.2) is 14.5 Å². The molecule has 1 amide bonds. The van der Waals surface area contributed by atoms with E-state index in [-0.39, 0.29) is 18.2 Å². The van der Waals surface area contributed by atoms with Crippen LogP contribution < -0.4 is 4.90 Å². The Bertz CT molecular complexity index is 1350. The van der Waals surface area contributed by atoms with E-state index < -0.39 is 5.97 Å². The van der Waals surface area contributed by atoms with Crippen LogP contribution in [0.2, 0.25) is 0 Å². The number of rotatable bonds is 7. The molecule has 5 rings (SSSR count). The van der Waals surface area contributed by atoms with E-state index in [1.807, 2.05) is 65.6 Å². The highest BCUT2D eigenvalue weighted by Crippen LogP contribution is 2.27. The molecule has 8 heteroatoms. The number of aromatic nitrogens is 3. The molecule has 188 valence electrons. The van der Waals surface area contributed by atoms with Crippen LogP contribution in [0.3, 0.4) is 0 Å². The molecule has 2 aromatic carbocycles. The monoisotopic (exact) mass is 495 g/mol. The van der Waals surface area contributed by atoms with Crippen molar-refractivity contribution in [2.24, 2.45) is 0 Å². The van der Waals surface area contributed by atoms with Crippen LogP contribution in [0.5, 0.6) is 0 Å². The van der Waals surface area contributed by atoms with Gasteiger partial charge in [0.2, 0.25) is 5.91 Å². The van der Waals surface area contributed by atoms with E-state index in [4.69, 9.17) is 4.74 Å². The number of anilines is 1. The number of pyridine rings is 1. The van der Waals surface area contributed by atoms with E-state index in [0.717, 1.165) is 35.6 Å². The van der Waals surface area contributed by atoms with Gasteiger partial charge in [-0.15, -0.1) is 0 Å². The van der Waals surface area contributed by atoms with Gasteiger partial charge in [-0.1, -0.05) is 48.5 Å². The van der Waals surface area contributed by atoms with Gasteiger partial charge >= 0.3 is 5.97 Å². The van der Waals surface area contributed by atoms with Crippen LogP contribution in [0.1, 0.15) is 23.0 Å². The summed E-state index contributed by atoms with van der Waals surface area (Å²) in [5.74, 6) is 0.324. The molecule has 2 aromatic heterocycles. The van der Waals surface area contributed by atoms with Gasteiger partial charge < -0.3 is 14.5 Å². The number of ether oxygens (including phenoxy) is 1. The zero-order valence-corrected chi connectivity index (χ0v) is 20.8. The Morgan fingerprint density at radius 1 is 0.892 bits per heavy atom. The fourth-order valence-corrected chi connectivity index (χ4v) is 4.48. The third-order valence-electron chi connectivity index (χ3n) is 6.42. The Hall–Kier alpha value is -4.46. The van der Waals surface area contributed by atoms with Crippen LogP contribution in [0.25, 0.3) is 17.1 Å². The van der Waals surface area contributed by atoms with Crippen LogP contribution in [0, 0.1) is 0 Å². The summed E-state index contributed by atoms with van der Waals surface area (Å²) in [6.45, 7) is 5.00. The summed E-state index contributed by atoms with van der Waals surface area (Å²) in [5.41, 5.74) is 4.04. The smallest absolute Gasteiger partial charge is 0.358 e. The summed E-state index contributed by atoms with van der Waals surface area (Å²) in [4.78, 5) is 33.7. The fraction of sp³-hybridized carbons (Fsp3) is 0.241. The highest BCUT2D eigenvalue weighted by atomic mass is 16.5. The van der Waals surface area contributed by atoms with Gasteiger partial charge in [0.1, 0.15) is 0 Å². The quantitative estimate of drug-likeness (QED) is 0.361. The molecule has 8 nitrogen and oxygen atoms in total. The van der Waals surface area contributed by atoms with Gasteiger partial charge in [0.15, 0.2) is 11.5 Å². The lowest BCUT2D eigenvalue weighted by Crippen LogP contribution is -2.49. The molecule has 0 saturated carbocycles. The Kier molecular flexibility index (Phi) is 7.26. The first-order chi connectivity index (χ1) is 18.1. The minimum absolute atomic E-state index is 0.168. The number of esters is 1. The predicted molar refractivity (Wildman–Crippen MR) is 142 cm³/mol. The molecule has 37 heavy (non-hydrogen) atoms. The first kappa shape index (κ1) is 24.2. The van der Waals surface area contributed by atoms with E-state index in [9.17, 15) is 9.59 Å². The minimum atomic E-state index is -0.463. The summed E-state index contributed by atoms with van der Waals surface area (Å²) >= 11 is 0. The average molecular weight is 496 g/mol. The van der Waals surface area contributed by atoms with Crippen molar-refractivity contribution in [2.75, 3.05) is 37.7 Å². The van der Waals surface area contributed by atoms with Gasteiger partial charge in [0.05, 0.1) is 18.7 Å². The molecule has 1 aliphatic rings. The molecular formula is C29H29N5O3. The van der Waals surface area contributed by atoms with Crippen LogP contribution in [0.15, 0.2) is 85.1 Å². The number of carbonyl (C=O) groups is 2. The van der Waals surface area contributed by atoms with Crippen molar-refractivity contribution in [3.8, 4) is 17.1 Å². The number of hydrogen-bond acceptors (Lipinski definition) is 6. The van der Waals surface area contributed by atoms with Gasteiger partial charge in [0, 0.05) is 43.6 Å². The molecule has 4 aromatic rings. The molecule has 0 radical (unpaired) electrons. The molecule has 0 atom stereocenters. The summed E-state index contributed by atoms with van der Waals surface area (Å²) in [6, 6.07) is 25.3. The minimum Gasteiger partial charge on any atom is -0.461 e. The Balaban J connectivity index is 1.29. The molecule has 1 aliphatic heterocycles. The number of hydrogen-bond donors (Lipinski definition) is 0. The molecule has 3 heterocycles. The zero-order valence-electron chi connectivity index (χ0n) is 20.8. The number of carbonyl (C=O) groups excluding carboxylic acids is 2. The summed E-state index contributed by atoms with van der Waals surface area (Å²) in [6.07, 6.45) is 2.13. The van der Waals surface area contributed by atoms with Crippen molar-refractivity contribution in [1.82, 2.24) is 19.7 Å². The Labute approximate surface area is 216 Å². The molecule has 0 spiro atoms. The van der Waals surface area contributed by atoms with E-state index in [0.29, 0.717) is 25.3 Å². The second-order valence-corrected chi connectivity index (χ2v) is 8.81. The predicted octanol–water partition coefficient (Wildman–Crippen LogP) is 4.00. The van der Waals surface area contributed by atoms with E-state index in [1.165, 1.54) is 0 Å². The third-order valence-corrected chi connectivity index (χ3v) is 6.42. The van der Waals surface area contributed by atoms with Gasteiger partial charge in [-0.3, -0.25) is 4.79 Å². The van der Waals surface area contributed by atoms with Gasteiger partial charge in [0.25, 0.3) is 0 Å². The normalized spacial score (nSPS) is 13.4. The number of nitrogens with zero attached hydrogens (tertiary/aromatic N) is 5. The van der Waals surface area contributed by atoms with Crippen molar-refractivity contribution in [3.05, 3.63) is 96.3 Å². The lowest BCUT2D eigenvalue weighted by atomic mass is 10.1. The molecule has 0 unspecified atom stereocenters. The Morgan fingerprint density at radius 3 is 2.30 bits per heavy atom. The van der Waals surface area contributed by atoms with E-state index in [2.05, 4.69) is 27.1 Å². The van der Waals surface area contributed by atoms with Gasteiger partial charge in [-0.05, 0) is 42.8 Å². The van der Waals surface area contributed by atoms with E-state index >= 15 is 0 Å². The summed E-state index contributed by atoms with van der Waals surface area (Å²) < 4.78 is 6.82. The van der Waals surface area contributed by atoms with E-state index in [1.54, 1.807) is 23.9 Å². The average Bonchev–Trinajstić information content (AvgIpc) is 3.40. The van der Waals surface area contributed by atoms with Crippen molar-refractivity contribution in [3.63, 3.8) is 0 Å². The lowest BCUT2D eigenvalue weighted by molar-refractivity contribution is -0.130. The Morgan fingerprint density at radius 2 is 1.62 bits per heavy atom. The fourth-order valence-electron chi connectivity index (χ4n) is 4.48. The molecular weight excluding hydrogens is 466 g/mol. The summed E-state index contributed by atoms with van der Waals surface area (Å²) in [5, 5.41) is 4.47. The first-order valence-corrected chi connectivity index (χ1v) is 12.5. The van der Waals surface area contributed by atoms with Gasteiger partial charge in [-0.2, -0.15) is 5.10 Å². The maximum absolute atomic E-state index is 12.7. The molecule has 1 fully saturated rings. The third kappa shape index (κ3) is 5.53. The maximum atomic E-state index is 12.7.